The van der Waals surface area contributed by atoms with Gasteiger partial charge in [-0.25, -0.2) is 4.39 Å². The fourth-order valence-electron chi connectivity index (χ4n) is 3.17. The number of amides is 1. The largest absolute Gasteiger partial charge is 0.344 e. The minimum Gasteiger partial charge on any atom is -0.344 e. The number of halogens is 1. The molecule has 0 radical (unpaired) electrons. The standard InChI is InChI=1S/C24H25FN2O/c1-18(27(2)17-19-10-9-15-22(25)16-19)24(28)26-23(20-11-5-3-6-12-20)21-13-7-4-8-14-21/h3-16,18,23H,17H2,1-2H3,(H,26,28)/t18-/m1/s1. The van der Waals surface area contributed by atoms with Crippen LogP contribution in [0.4, 0.5) is 4.39 Å². The Morgan fingerprint density at radius 2 is 1.50 bits per heavy atom. The van der Waals surface area contributed by atoms with Crippen molar-refractivity contribution >= 4 is 5.91 Å². The molecule has 0 spiro atoms. The second-order valence-corrected chi connectivity index (χ2v) is 6.98. The summed E-state index contributed by atoms with van der Waals surface area (Å²) >= 11 is 0. The molecule has 0 fully saturated rings. The van der Waals surface area contributed by atoms with Crippen molar-refractivity contribution in [2.75, 3.05) is 7.05 Å². The summed E-state index contributed by atoms with van der Waals surface area (Å²) in [6, 6.07) is 25.7. The van der Waals surface area contributed by atoms with Crippen LogP contribution in [0.1, 0.15) is 29.7 Å². The van der Waals surface area contributed by atoms with Gasteiger partial charge in [0.05, 0.1) is 12.1 Å². The summed E-state index contributed by atoms with van der Waals surface area (Å²) in [6.07, 6.45) is 0. The molecule has 0 saturated carbocycles. The van der Waals surface area contributed by atoms with Crippen molar-refractivity contribution in [3.8, 4) is 0 Å². The Kier molecular flexibility index (Phi) is 6.56. The molecule has 0 aromatic heterocycles. The maximum absolute atomic E-state index is 13.4. The third-order valence-electron chi connectivity index (χ3n) is 4.91. The van der Waals surface area contributed by atoms with E-state index < -0.39 is 0 Å². The van der Waals surface area contributed by atoms with Gasteiger partial charge < -0.3 is 5.32 Å². The Bertz CT molecular complexity index is 859. The molecule has 0 aliphatic rings. The lowest BCUT2D eigenvalue weighted by atomic mass is 9.98. The van der Waals surface area contributed by atoms with Gasteiger partial charge in [0.25, 0.3) is 0 Å². The molecular formula is C24H25FN2O. The molecule has 0 unspecified atom stereocenters. The summed E-state index contributed by atoms with van der Waals surface area (Å²) in [6.45, 7) is 2.36. The zero-order valence-corrected chi connectivity index (χ0v) is 16.2. The maximum Gasteiger partial charge on any atom is 0.237 e. The van der Waals surface area contributed by atoms with Gasteiger partial charge in [0.1, 0.15) is 5.82 Å². The lowest BCUT2D eigenvalue weighted by Crippen LogP contribution is -2.44. The highest BCUT2D eigenvalue weighted by molar-refractivity contribution is 5.82. The molecule has 3 aromatic carbocycles. The van der Waals surface area contributed by atoms with Crippen molar-refractivity contribution in [3.05, 3.63) is 107 Å². The number of rotatable bonds is 7. The number of hydrogen-bond acceptors (Lipinski definition) is 2. The van der Waals surface area contributed by atoms with Crippen molar-refractivity contribution in [3.63, 3.8) is 0 Å². The van der Waals surface area contributed by atoms with Gasteiger partial charge in [-0.15, -0.1) is 0 Å². The fraction of sp³-hybridized carbons (Fsp3) is 0.208. The van der Waals surface area contributed by atoms with E-state index in [0.29, 0.717) is 6.54 Å². The van der Waals surface area contributed by atoms with E-state index in [0.717, 1.165) is 16.7 Å². The van der Waals surface area contributed by atoms with E-state index in [2.05, 4.69) is 5.32 Å². The average molecular weight is 376 g/mol. The Morgan fingerprint density at radius 1 is 0.929 bits per heavy atom. The lowest BCUT2D eigenvalue weighted by Gasteiger charge is -2.27. The Labute approximate surface area is 165 Å². The summed E-state index contributed by atoms with van der Waals surface area (Å²) in [5.41, 5.74) is 2.90. The first kappa shape index (κ1) is 19.8. The first-order chi connectivity index (χ1) is 13.5. The van der Waals surface area contributed by atoms with Gasteiger partial charge in [-0.1, -0.05) is 72.8 Å². The number of carbonyl (C=O) groups excluding carboxylic acids is 1. The van der Waals surface area contributed by atoms with Gasteiger partial charge in [-0.3, -0.25) is 9.69 Å². The van der Waals surface area contributed by atoms with Gasteiger partial charge in [-0.05, 0) is 42.8 Å². The number of benzene rings is 3. The average Bonchev–Trinajstić information content (AvgIpc) is 2.72. The highest BCUT2D eigenvalue weighted by Gasteiger charge is 2.23. The number of nitrogens with zero attached hydrogens (tertiary/aromatic N) is 1. The van der Waals surface area contributed by atoms with Gasteiger partial charge in [0.2, 0.25) is 5.91 Å². The van der Waals surface area contributed by atoms with Gasteiger partial charge >= 0.3 is 0 Å². The maximum atomic E-state index is 13.4. The summed E-state index contributed by atoms with van der Waals surface area (Å²) in [7, 11) is 1.87. The third kappa shape index (κ3) is 5.05. The molecule has 28 heavy (non-hydrogen) atoms. The van der Waals surface area contributed by atoms with Crippen LogP contribution in [-0.2, 0) is 11.3 Å². The highest BCUT2D eigenvalue weighted by atomic mass is 19.1. The smallest absolute Gasteiger partial charge is 0.237 e. The molecule has 1 N–H and O–H groups in total. The molecule has 0 bridgehead atoms. The lowest BCUT2D eigenvalue weighted by molar-refractivity contribution is -0.126. The van der Waals surface area contributed by atoms with Crippen LogP contribution in [0.15, 0.2) is 84.9 Å². The predicted octanol–water partition coefficient (Wildman–Crippen LogP) is 4.55. The second kappa shape index (κ2) is 9.29. The molecule has 0 heterocycles. The SMILES string of the molecule is C[C@H](C(=O)NC(c1ccccc1)c1ccccc1)N(C)Cc1cccc(F)c1. The zero-order chi connectivity index (χ0) is 19.9. The topological polar surface area (TPSA) is 32.3 Å². The van der Waals surface area contributed by atoms with Crippen molar-refractivity contribution in [2.45, 2.75) is 25.6 Å². The first-order valence-electron chi connectivity index (χ1n) is 9.39. The van der Waals surface area contributed by atoms with E-state index in [9.17, 15) is 9.18 Å². The third-order valence-corrected chi connectivity index (χ3v) is 4.91. The van der Waals surface area contributed by atoms with Crippen LogP contribution < -0.4 is 5.32 Å². The highest BCUT2D eigenvalue weighted by Crippen LogP contribution is 2.22. The van der Waals surface area contributed by atoms with E-state index in [-0.39, 0.29) is 23.8 Å². The zero-order valence-electron chi connectivity index (χ0n) is 16.2. The van der Waals surface area contributed by atoms with Crippen LogP contribution in [0.5, 0.6) is 0 Å². The number of carbonyl (C=O) groups is 1. The summed E-state index contributed by atoms with van der Waals surface area (Å²) < 4.78 is 13.4. The monoisotopic (exact) mass is 376 g/mol. The summed E-state index contributed by atoms with van der Waals surface area (Å²) in [5.74, 6) is -0.340. The molecule has 3 nitrogen and oxygen atoms in total. The quantitative estimate of drug-likeness (QED) is 0.656. The molecule has 3 aromatic rings. The number of hydrogen-bond donors (Lipinski definition) is 1. The fourth-order valence-corrected chi connectivity index (χ4v) is 3.17. The molecule has 144 valence electrons. The molecule has 4 heteroatoms. The van der Waals surface area contributed by atoms with Crippen molar-refractivity contribution < 1.29 is 9.18 Å². The van der Waals surface area contributed by atoms with Crippen LogP contribution in [0.3, 0.4) is 0 Å². The van der Waals surface area contributed by atoms with Crippen LogP contribution in [0.2, 0.25) is 0 Å². The van der Waals surface area contributed by atoms with E-state index in [1.165, 1.54) is 12.1 Å². The van der Waals surface area contributed by atoms with Gasteiger partial charge in [0.15, 0.2) is 0 Å². The first-order valence-corrected chi connectivity index (χ1v) is 9.39. The normalized spacial score (nSPS) is 12.2. The Hall–Kier alpha value is -2.98. The minimum atomic E-state index is -0.363. The van der Waals surface area contributed by atoms with E-state index in [1.54, 1.807) is 6.07 Å². The predicted molar refractivity (Wildman–Crippen MR) is 110 cm³/mol. The van der Waals surface area contributed by atoms with Crippen LogP contribution in [-0.4, -0.2) is 23.9 Å². The molecule has 1 amide bonds. The number of likely N-dealkylation sites (N-methyl/N-ethyl adjacent to an activating group) is 1. The van der Waals surface area contributed by atoms with E-state index >= 15 is 0 Å². The van der Waals surface area contributed by atoms with Crippen LogP contribution in [0.25, 0.3) is 0 Å². The van der Waals surface area contributed by atoms with Crippen LogP contribution >= 0.6 is 0 Å². The van der Waals surface area contributed by atoms with E-state index in [1.807, 2.05) is 85.6 Å². The molecule has 3 rings (SSSR count). The van der Waals surface area contributed by atoms with Crippen molar-refractivity contribution in [1.29, 1.82) is 0 Å². The van der Waals surface area contributed by atoms with Gasteiger partial charge in [-0.2, -0.15) is 0 Å². The molecule has 0 aliphatic heterocycles. The minimum absolute atomic E-state index is 0.0726. The summed E-state index contributed by atoms with van der Waals surface area (Å²) in [5, 5.41) is 3.17. The summed E-state index contributed by atoms with van der Waals surface area (Å²) in [4.78, 5) is 14.9. The molecule has 0 saturated heterocycles. The molecular weight excluding hydrogens is 351 g/mol. The second-order valence-electron chi connectivity index (χ2n) is 6.98. The van der Waals surface area contributed by atoms with Crippen molar-refractivity contribution in [2.24, 2.45) is 0 Å². The van der Waals surface area contributed by atoms with E-state index in [4.69, 9.17) is 0 Å². The molecule has 1 atom stereocenters. The number of nitrogens with one attached hydrogen (secondary N) is 1. The van der Waals surface area contributed by atoms with Gasteiger partial charge in [0, 0.05) is 6.54 Å². The Morgan fingerprint density at radius 3 is 2.04 bits per heavy atom. The van der Waals surface area contributed by atoms with Crippen molar-refractivity contribution in [1.82, 2.24) is 10.2 Å². The molecule has 0 aliphatic carbocycles. The van der Waals surface area contributed by atoms with Crippen LogP contribution in [0, 0.1) is 5.82 Å². The Balaban J connectivity index is 1.74.